The summed E-state index contributed by atoms with van der Waals surface area (Å²) < 4.78 is 0. The Hall–Kier alpha value is -1.00. The van der Waals surface area contributed by atoms with Gasteiger partial charge in [0.25, 0.3) is 0 Å². The van der Waals surface area contributed by atoms with Gasteiger partial charge in [-0.3, -0.25) is 4.79 Å². The number of carbonyl (C=O) groups excluding carboxylic acids is 1. The van der Waals surface area contributed by atoms with E-state index in [4.69, 9.17) is 0 Å². The van der Waals surface area contributed by atoms with Crippen LogP contribution in [0.2, 0.25) is 0 Å². The highest BCUT2D eigenvalue weighted by Crippen LogP contribution is 2.37. The number of fused-ring (bicyclic) bond motifs is 1. The Bertz CT molecular complexity index is 486. The molecule has 3 nitrogen and oxygen atoms in total. The average molecular weight is 304 g/mol. The molecule has 1 aromatic rings. The molecule has 2 atom stereocenters. The van der Waals surface area contributed by atoms with Gasteiger partial charge >= 0.3 is 0 Å². The highest BCUT2D eigenvalue weighted by molar-refractivity contribution is 8.01. The first-order valence-corrected chi connectivity index (χ1v) is 8.81. The first kappa shape index (κ1) is 14.9. The second-order valence-electron chi connectivity index (χ2n) is 6.30. The lowest BCUT2D eigenvalue weighted by Gasteiger charge is -2.31. The summed E-state index contributed by atoms with van der Waals surface area (Å²) in [6.07, 6.45) is 3.30. The summed E-state index contributed by atoms with van der Waals surface area (Å²) >= 11 is 1.74. The summed E-state index contributed by atoms with van der Waals surface area (Å²) in [6.45, 7) is 6.19. The smallest absolute Gasteiger partial charge is 0.236 e. The van der Waals surface area contributed by atoms with Gasteiger partial charge in [-0.2, -0.15) is 0 Å². The Balaban J connectivity index is 1.67. The first-order valence-electron chi connectivity index (χ1n) is 7.93. The lowest BCUT2D eigenvalue weighted by molar-refractivity contribution is -0.132. The van der Waals surface area contributed by atoms with Gasteiger partial charge in [-0.1, -0.05) is 18.2 Å². The molecule has 1 aromatic carbocycles. The van der Waals surface area contributed by atoms with Crippen molar-refractivity contribution in [3.8, 4) is 0 Å². The summed E-state index contributed by atoms with van der Waals surface area (Å²) in [5, 5.41) is 3.57. The van der Waals surface area contributed by atoms with Gasteiger partial charge in [-0.25, -0.2) is 0 Å². The summed E-state index contributed by atoms with van der Waals surface area (Å²) in [5.74, 6) is 0.305. The minimum atomic E-state index is 0.0613. The average Bonchev–Trinajstić information content (AvgIpc) is 3.12. The van der Waals surface area contributed by atoms with E-state index in [1.807, 2.05) is 0 Å². The van der Waals surface area contributed by atoms with Crippen LogP contribution < -0.4 is 5.32 Å². The van der Waals surface area contributed by atoms with Crippen LogP contribution in [0, 0.1) is 0 Å². The van der Waals surface area contributed by atoms with E-state index < -0.39 is 0 Å². The summed E-state index contributed by atoms with van der Waals surface area (Å²) in [7, 11) is 0. The number of hydrogen-bond donors (Lipinski definition) is 1. The number of hydrogen-bond acceptors (Lipinski definition) is 3. The van der Waals surface area contributed by atoms with Crippen LogP contribution >= 0.6 is 11.8 Å². The third-order valence-electron chi connectivity index (χ3n) is 4.41. The van der Waals surface area contributed by atoms with Gasteiger partial charge in [0.05, 0.1) is 5.25 Å². The minimum absolute atomic E-state index is 0.0613. The number of rotatable bonds is 4. The molecule has 21 heavy (non-hydrogen) atoms. The van der Waals surface area contributed by atoms with Crippen molar-refractivity contribution in [2.24, 2.45) is 0 Å². The molecule has 2 heterocycles. The van der Waals surface area contributed by atoms with Crippen LogP contribution in [0.25, 0.3) is 0 Å². The molecular weight excluding hydrogens is 280 g/mol. The maximum absolute atomic E-state index is 12.9. The fourth-order valence-electron chi connectivity index (χ4n) is 3.21. The normalized spacial score (nSPS) is 24.3. The molecule has 2 unspecified atom stereocenters. The van der Waals surface area contributed by atoms with E-state index in [1.54, 1.807) is 11.8 Å². The van der Waals surface area contributed by atoms with Crippen LogP contribution in [0.15, 0.2) is 29.2 Å². The van der Waals surface area contributed by atoms with Gasteiger partial charge in [0.1, 0.15) is 0 Å². The van der Waals surface area contributed by atoms with Crippen LogP contribution in [-0.4, -0.2) is 41.2 Å². The van der Waals surface area contributed by atoms with E-state index in [2.05, 4.69) is 48.3 Å². The molecule has 0 radical (unpaired) electrons. The van der Waals surface area contributed by atoms with Gasteiger partial charge in [-0.05, 0) is 51.3 Å². The molecule has 0 spiro atoms. The van der Waals surface area contributed by atoms with Gasteiger partial charge in [-0.15, -0.1) is 11.8 Å². The quantitative estimate of drug-likeness (QED) is 0.928. The number of nitrogens with zero attached hydrogens (tertiary/aromatic N) is 1. The second kappa shape index (κ2) is 6.41. The lowest BCUT2D eigenvalue weighted by atomic mass is 10.1. The highest BCUT2D eigenvalue weighted by atomic mass is 32.2. The maximum atomic E-state index is 12.9. The van der Waals surface area contributed by atoms with Gasteiger partial charge in [0.2, 0.25) is 5.91 Å². The van der Waals surface area contributed by atoms with Crippen molar-refractivity contribution >= 4 is 17.7 Å². The molecule has 1 fully saturated rings. The Morgan fingerprint density at radius 2 is 2.24 bits per heavy atom. The van der Waals surface area contributed by atoms with E-state index >= 15 is 0 Å². The SMILES string of the molecule is CC(C)N(CC1CCCN1)C(=O)C1Cc2ccccc2S1. The monoisotopic (exact) mass is 304 g/mol. The zero-order valence-electron chi connectivity index (χ0n) is 12.8. The summed E-state index contributed by atoms with van der Waals surface area (Å²) in [5.41, 5.74) is 1.32. The number of thioether (sulfide) groups is 1. The van der Waals surface area contributed by atoms with Crippen LogP contribution in [0.3, 0.4) is 0 Å². The Kier molecular flexibility index (Phi) is 4.55. The predicted molar refractivity (Wildman–Crippen MR) is 87.7 cm³/mol. The minimum Gasteiger partial charge on any atom is -0.338 e. The second-order valence-corrected chi connectivity index (χ2v) is 7.54. The van der Waals surface area contributed by atoms with Crippen molar-refractivity contribution in [2.75, 3.05) is 13.1 Å². The van der Waals surface area contributed by atoms with Crippen LogP contribution in [0.5, 0.6) is 0 Å². The van der Waals surface area contributed by atoms with Crippen molar-refractivity contribution in [2.45, 2.75) is 55.3 Å². The molecule has 3 rings (SSSR count). The standard InChI is InChI=1S/C17H24N2OS/c1-12(2)19(11-14-7-5-9-18-14)17(20)16-10-13-6-3-4-8-15(13)21-16/h3-4,6,8,12,14,16,18H,5,7,9-11H2,1-2H3. The molecule has 2 aliphatic heterocycles. The molecule has 4 heteroatoms. The molecule has 114 valence electrons. The molecule has 1 saturated heterocycles. The number of benzene rings is 1. The van der Waals surface area contributed by atoms with Crippen molar-refractivity contribution in [1.82, 2.24) is 10.2 Å². The largest absolute Gasteiger partial charge is 0.338 e. The van der Waals surface area contributed by atoms with Crippen molar-refractivity contribution in [1.29, 1.82) is 0 Å². The Morgan fingerprint density at radius 1 is 1.43 bits per heavy atom. The summed E-state index contributed by atoms with van der Waals surface area (Å²) in [6, 6.07) is 9.14. The zero-order valence-corrected chi connectivity index (χ0v) is 13.7. The van der Waals surface area contributed by atoms with Crippen molar-refractivity contribution in [3.63, 3.8) is 0 Å². The van der Waals surface area contributed by atoms with Crippen LogP contribution in [-0.2, 0) is 11.2 Å². The molecule has 0 aliphatic carbocycles. The molecule has 0 aromatic heterocycles. The van der Waals surface area contributed by atoms with Gasteiger partial charge in [0, 0.05) is 23.5 Å². The lowest BCUT2D eigenvalue weighted by Crippen LogP contribution is -2.48. The fraction of sp³-hybridized carbons (Fsp3) is 0.588. The van der Waals surface area contributed by atoms with Crippen molar-refractivity contribution < 1.29 is 4.79 Å². The Labute approximate surface area is 131 Å². The maximum Gasteiger partial charge on any atom is 0.236 e. The van der Waals surface area contributed by atoms with E-state index in [9.17, 15) is 4.79 Å². The van der Waals surface area contributed by atoms with E-state index in [0.29, 0.717) is 11.9 Å². The molecule has 1 amide bonds. The summed E-state index contributed by atoms with van der Waals surface area (Å²) in [4.78, 5) is 16.3. The predicted octanol–water partition coefficient (Wildman–Crippen LogP) is 2.69. The van der Waals surface area contributed by atoms with E-state index in [-0.39, 0.29) is 11.3 Å². The fourth-order valence-corrected chi connectivity index (χ4v) is 4.48. The topological polar surface area (TPSA) is 32.3 Å². The molecule has 2 aliphatic rings. The van der Waals surface area contributed by atoms with Crippen molar-refractivity contribution in [3.05, 3.63) is 29.8 Å². The third kappa shape index (κ3) is 3.27. The molecular formula is C17H24N2OS. The van der Waals surface area contributed by atoms with Gasteiger partial charge in [0.15, 0.2) is 0 Å². The first-order chi connectivity index (χ1) is 10.1. The third-order valence-corrected chi connectivity index (χ3v) is 5.71. The van der Waals surface area contributed by atoms with Crippen LogP contribution in [0.1, 0.15) is 32.3 Å². The van der Waals surface area contributed by atoms with E-state index in [0.717, 1.165) is 19.5 Å². The number of carbonyl (C=O) groups is 1. The van der Waals surface area contributed by atoms with E-state index in [1.165, 1.54) is 23.3 Å². The number of nitrogens with one attached hydrogen (secondary N) is 1. The molecule has 1 N–H and O–H groups in total. The molecule has 0 bridgehead atoms. The zero-order chi connectivity index (χ0) is 14.8. The number of amides is 1. The van der Waals surface area contributed by atoms with Crippen LogP contribution in [0.4, 0.5) is 0 Å². The molecule has 0 saturated carbocycles. The highest BCUT2D eigenvalue weighted by Gasteiger charge is 2.33. The van der Waals surface area contributed by atoms with Gasteiger partial charge < -0.3 is 10.2 Å². The Morgan fingerprint density at radius 3 is 2.90 bits per heavy atom.